The number of carbonyl (C=O) groups is 1. The third kappa shape index (κ3) is 2.56. The van der Waals surface area contributed by atoms with Gasteiger partial charge in [0.15, 0.2) is 0 Å². The van der Waals surface area contributed by atoms with Gasteiger partial charge in [-0.2, -0.15) is 5.10 Å². The number of hydrogen-bond acceptors (Lipinski definition) is 4. The van der Waals surface area contributed by atoms with Crippen LogP contribution < -0.4 is 0 Å². The number of aldehydes is 1. The fraction of sp³-hybridized carbons (Fsp3) is 0.357. The molecule has 5 nitrogen and oxygen atoms in total. The number of rotatable bonds is 4. The summed E-state index contributed by atoms with van der Waals surface area (Å²) in [5, 5.41) is 3.99. The lowest BCUT2D eigenvalue weighted by Gasteiger charge is -2.29. The molecule has 1 aliphatic rings. The predicted octanol–water partition coefficient (Wildman–Crippen LogP) is 1.69. The molecule has 2 atom stereocenters. The van der Waals surface area contributed by atoms with E-state index < -0.39 is 17.2 Å². The summed E-state index contributed by atoms with van der Waals surface area (Å²) in [6, 6.07) is 3.35. The number of hydrogen-bond donors (Lipinski definition) is 0. The van der Waals surface area contributed by atoms with E-state index in [2.05, 4.69) is 10.1 Å². The lowest BCUT2D eigenvalue weighted by molar-refractivity contribution is -0.111. The smallest absolute Gasteiger partial charge is 0.137 e. The number of halogens is 2. The minimum Gasteiger partial charge on any atom is -0.367 e. The van der Waals surface area contributed by atoms with Crippen LogP contribution in [0.5, 0.6) is 0 Å². The molecule has 1 fully saturated rings. The van der Waals surface area contributed by atoms with Crippen molar-refractivity contribution in [2.45, 2.75) is 18.6 Å². The van der Waals surface area contributed by atoms with Crippen LogP contribution in [0.1, 0.15) is 12.0 Å². The first kappa shape index (κ1) is 13.8. The van der Waals surface area contributed by atoms with E-state index in [-0.39, 0.29) is 24.6 Å². The standard InChI is InChI=1S/C14H13F2N3O2/c15-11-1-2-12(13(16)3-11)14(4-10(5-20)6-21-14)7-19-9-17-8-18-19/h1-3,5,8-10H,4,6-7H2/t10-,14-/m1/s1. The Hall–Kier alpha value is -2.15. The molecule has 0 bridgehead atoms. The summed E-state index contributed by atoms with van der Waals surface area (Å²) in [4.78, 5) is 14.8. The van der Waals surface area contributed by atoms with Gasteiger partial charge >= 0.3 is 0 Å². The molecule has 2 aromatic rings. The lowest BCUT2D eigenvalue weighted by atomic mass is 9.87. The van der Waals surface area contributed by atoms with Crippen molar-refractivity contribution in [3.63, 3.8) is 0 Å². The van der Waals surface area contributed by atoms with Gasteiger partial charge in [-0.05, 0) is 12.5 Å². The molecule has 0 N–H and O–H groups in total. The first-order valence-electron chi connectivity index (χ1n) is 6.50. The zero-order valence-electron chi connectivity index (χ0n) is 11.1. The van der Waals surface area contributed by atoms with E-state index in [0.29, 0.717) is 6.42 Å². The predicted molar refractivity (Wildman–Crippen MR) is 68.2 cm³/mol. The Labute approximate surface area is 119 Å². The van der Waals surface area contributed by atoms with Crippen molar-refractivity contribution < 1.29 is 18.3 Å². The Morgan fingerprint density at radius 3 is 2.95 bits per heavy atom. The van der Waals surface area contributed by atoms with Crippen molar-refractivity contribution in [2.24, 2.45) is 5.92 Å². The third-order valence-electron chi connectivity index (χ3n) is 3.66. The molecule has 1 aliphatic heterocycles. The molecule has 0 radical (unpaired) electrons. The van der Waals surface area contributed by atoms with Crippen LogP contribution in [0.25, 0.3) is 0 Å². The Morgan fingerprint density at radius 2 is 2.33 bits per heavy atom. The van der Waals surface area contributed by atoms with Gasteiger partial charge in [-0.1, -0.05) is 6.07 Å². The molecule has 0 spiro atoms. The summed E-state index contributed by atoms with van der Waals surface area (Å²) in [7, 11) is 0. The van der Waals surface area contributed by atoms with Crippen molar-refractivity contribution in [1.82, 2.24) is 14.8 Å². The van der Waals surface area contributed by atoms with Crippen LogP contribution in [-0.4, -0.2) is 27.7 Å². The highest BCUT2D eigenvalue weighted by Crippen LogP contribution is 2.41. The fourth-order valence-corrected chi connectivity index (χ4v) is 2.71. The zero-order chi connectivity index (χ0) is 14.9. The molecule has 7 heteroatoms. The first-order valence-corrected chi connectivity index (χ1v) is 6.50. The molecule has 0 amide bonds. The molecule has 1 saturated heterocycles. The summed E-state index contributed by atoms with van der Waals surface area (Å²) < 4.78 is 34.5. The number of ether oxygens (including phenoxy) is 1. The van der Waals surface area contributed by atoms with E-state index in [4.69, 9.17) is 4.74 Å². The van der Waals surface area contributed by atoms with Gasteiger partial charge in [-0.15, -0.1) is 0 Å². The van der Waals surface area contributed by atoms with E-state index in [1.807, 2.05) is 0 Å². The van der Waals surface area contributed by atoms with Crippen molar-refractivity contribution >= 4 is 6.29 Å². The van der Waals surface area contributed by atoms with Gasteiger partial charge < -0.3 is 9.53 Å². The van der Waals surface area contributed by atoms with Crippen LogP contribution in [0.15, 0.2) is 30.9 Å². The minimum absolute atomic E-state index is 0.203. The molecule has 0 unspecified atom stereocenters. The summed E-state index contributed by atoms with van der Waals surface area (Å²) in [6.07, 6.45) is 3.96. The lowest BCUT2D eigenvalue weighted by Crippen LogP contribution is -2.32. The van der Waals surface area contributed by atoms with Gasteiger partial charge in [0.05, 0.1) is 13.2 Å². The van der Waals surface area contributed by atoms with Crippen LogP contribution in [0.2, 0.25) is 0 Å². The number of benzene rings is 1. The number of aromatic nitrogens is 3. The highest BCUT2D eigenvalue weighted by atomic mass is 19.1. The van der Waals surface area contributed by atoms with E-state index in [0.717, 1.165) is 12.4 Å². The van der Waals surface area contributed by atoms with Crippen molar-refractivity contribution in [2.75, 3.05) is 6.61 Å². The molecular weight excluding hydrogens is 280 g/mol. The van der Waals surface area contributed by atoms with Crippen molar-refractivity contribution in [3.05, 3.63) is 48.1 Å². The van der Waals surface area contributed by atoms with E-state index in [1.165, 1.54) is 29.5 Å². The maximum atomic E-state index is 14.2. The molecule has 1 aromatic heterocycles. The topological polar surface area (TPSA) is 57.0 Å². The monoisotopic (exact) mass is 293 g/mol. The second-order valence-electron chi connectivity index (χ2n) is 5.12. The fourth-order valence-electron chi connectivity index (χ4n) is 2.71. The largest absolute Gasteiger partial charge is 0.367 e. The van der Waals surface area contributed by atoms with Gasteiger partial charge in [-0.3, -0.25) is 0 Å². The van der Waals surface area contributed by atoms with Crippen LogP contribution >= 0.6 is 0 Å². The minimum atomic E-state index is -1.04. The molecule has 0 aliphatic carbocycles. The zero-order valence-corrected chi connectivity index (χ0v) is 11.1. The van der Waals surface area contributed by atoms with Crippen LogP contribution in [-0.2, 0) is 21.7 Å². The highest BCUT2D eigenvalue weighted by molar-refractivity contribution is 5.55. The van der Waals surface area contributed by atoms with E-state index >= 15 is 0 Å². The average Bonchev–Trinajstić information content (AvgIpc) is 3.09. The van der Waals surface area contributed by atoms with Gasteiger partial charge in [-0.25, -0.2) is 18.4 Å². The summed E-state index contributed by atoms with van der Waals surface area (Å²) in [6.45, 7) is 0.412. The second kappa shape index (κ2) is 5.33. The van der Waals surface area contributed by atoms with Gasteiger partial charge in [0.1, 0.15) is 36.2 Å². The molecule has 110 valence electrons. The quantitative estimate of drug-likeness (QED) is 0.805. The molecular formula is C14H13F2N3O2. The molecule has 3 rings (SSSR count). The Balaban J connectivity index is 2.01. The second-order valence-corrected chi connectivity index (χ2v) is 5.12. The number of carbonyl (C=O) groups excluding carboxylic acids is 1. The maximum Gasteiger partial charge on any atom is 0.137 e. The highest BCUT2D eigenvalue weighted by Gasteiger charge is 2.44. The number of nitrogens with zero attached hydrogens (tertiary/aromatic N) is 3. The average molecular weight is 293 g/mol. The SMILES string of the molecule is O=C[C@@H]1CO[C@](Cn2cncn2)(c2ccc(F)cc2F)C1. The Kier molecular flexibility index (Phi) is 3.50. The van der Waals surface area contributed by atoms with Crippen molar-refractivity contribution in [3.8, 4) is 0 Å². The van der Waals surface area contributed by atoms with Gasteiger partial charge in [0.2, 0.25) is 0 Å². The normalized spacial score (nSPS) is 25.1. The first-order chi connectivity index (χ1) is 10.1. The van der Waals surface area contributed by atoms with E-state index in [9.17, 15) is 13.6 Å². The van der Waals surface area contributed by atoms with Crippen LogP contribution in [0.3, 0.4) is 0 Å². The van der Waals surface area contributed by atoms with Crippen LogP contribution in [0.4, 0.5) is 8.78 Å². The Bertz CT molecular complexity index is 648. The van der Waals surface area contributed by atoms with E-state index in [1.54, 1.807) is 0 Å². The third-order valence-corrected chi connectivity index (χ3v) is 3.66. The summed E-state index contributed by atoms with van der Waals surface area (Å²) in [5.41, 5.74) is -0.819. The van der Waals surface area contributed by atoms with Crippen molar-refractivity contribution in [1.29, 1.82) is 0 Å². The maximum absolute atomic E-state index is 14.2. The Morgan fingerprint density at radius 1 is 1.48 bits per heavy atom. The van der Waals surface area contributed by atoms with Gasteiger partial charge in [0, 0.05) is 17.5 Å². The molecule has 2 heterocycles. The molecule has 1 aromatic carbocycles. The molecule has 21 heavy (non-hydrogen) atoms. The van der Waals surface area contributed by atoms with Gasteiger partial charge in [0.25, 0.3) is 0 Å². The summed E-state index contributed by atoms with van der Waals surface area (Å²) >= 11 is 0. The molecule has 0 saturated carbocycles. The van der Waals surface area contributed by atoms with Crippen LogP contribution in [0, 0.1) is 17.6 Å². The summed E-state index contributed by atoms with van der Waals surface area (Å²) in [5.74, 6) is -1.67.